The van der Waals surface area contributed by atoms with Crippen molar-refractivity contribution in [1.82, 2.24) is 4.98 Å². The zero-order valence-corrected chi connectivity index (χ0v) is 11.0. The first-order chi connectivity index (χ1) is 6.79. The quantitative estimate of drug-likeness (QED) is 0.864. The summed E-state index contributed by atoms with van der Waals surface area (Å²) < 4.78 is 0.818. The summed E-state index contributed by atoms with van der Waals surface area (Å²) in [5.74, 6) is 0. The molecule has 5 heteroatoms. The van der Waals surface area contributed by atoms with E-state index in [-0.39, 0.29) is 18.4 Å². The Hall–Kier alpha value is -0.420. The second kappa shape index (κ2) is 5.61. The van der Waals surface area contributed by atoms with Gasteiger partial charge in [-0.3, -0.25) is 0 Å². The molecule has 0 spiro atoms. The SMILES string of the molecule is Cl.N[C@@H](c1ccsc1)c1cccnc1Br. The summed E-state index contributed by atoms with van der Waals surface area (Å²) in [5, 5.41) is 4.09. The Bertz CT molecular complexity index is 419. The number of nitrogens with two attached hydrogens (primary N) is 1. The molecule has 0 aliphatic rings. The Labute approximate surface area is 107 Å². The lowest BCUT2D eigenvalue weighted by Gasteiger charge is -2.11. The molecule has 0 unspecified atom stereocenters. The smallest absolute Gasteiger partial charge is 0.111 e. The van der Waals surface area contributed by atoms with E-state index in [2.05, 4.69) is 26.3 Å². The minimum absolute atomic E-state index is 0. The summed E-state index contributed by atoms with van der Waals surface area (Å²) in [6.07, 6.45) is 1.74. The minimum atomic E-state index is -0.0932. The summed E-state index contributed by atoms with van der Waals surface area (Å²) in [7, 11) is 0. The third-order valence-electron chi connectivity index (χ3n) is 2.03. The van der Waals surface area contributed by atoms with Crippen LogP contribution in [0.1, 0.15) is 17.2 Å². The average molecular weight is 306 g/mol. The van der Waals surface area contributed by atoms with Crippen molar-refractivity contribution in [1.29, 1.82) is 0 Å². The number of aromatic nitrogens is 1. The number of hydrogen-bond acceptors (Lipinski definition) is 3. The maximum absolute atomic E-state index is 6.10. The fourth-order valence-corrected chi connectivity index (χ4v) is 2.46. The van der Waals surface area contributed by atoms with E-state index in [9.17, 15) is 0 Å². The maximum atomic E-state index is 6.10. The number of nitrogens with zero attached hydrogens (tertiary/aromatic N) is 1. The molecule has 2 aromatic rings. The molecule has 0 amide bonds. The molecule has 2 nitrogen and oxygen atoms in total. The summed E-state index contributed by atoms with van der Waals surface area (Å²) in [5.41, 5.74) is 8.25. The largest absolute Gasteiger partial charge is 0.320 e. The zero-order chi connectivity index (χ0) is 9.97. The number of rotatable bonds is 2. The maximum Gasteiger partial charge on any atom is 0.111 e. The van der Waals surface area contributed by atoms with Crippen LogP contribution in [0.3, 0.4) is 0 Å². The molecule has 0 radical (unpaired) electrons. The Balaban J connectivity index is 0.00000112. The van der Waals surface area contributed by atoms with Crippen LogP contribution in [-0.2, 0) is 0 Å². The van der Waals surface area contributed by atoms with Gasteiger partial charge in [0.05, 0.1) is 6.04 Å². The first-order valence-corrected chi connectivity index (χ1v) is 5.90. The number of hydrogen-bond donors (Lipinski definition) is 1. The van der Waals surface area contributed by atoms with Crippen LogP contribution in [0.25, 0.3) is 0 Å². The van der Waals surface area contributed by atoms with E-state index in [0.717, 1.165) is 15.7 Å². The fraction of sp³-hybridized carbons (Fsp3) is 0.100. The number of halogens is 2. The van der Waals surface area contributed by atoms with Crippen molar-refractivity contribution in [3.05, 3.63) is 50.9 Å². The molecule has 80 valence electrons. The van der Waals surface area contributed by atoms with E-state index >= 15 is 0 Å². The first kappa shape index (κ1) is 12.6. The molecule has 0 bridgehead atoms. The molecular formula is C10H10BrClN2S. The summed E-state index contributed by atoms with van der Waals surface area (Å²) in [6, 6.07) is 5.82. The standard InChI is InChI=1S/C10H9BrN2S.ClH/c11-10-8(2-1-4-13-10)9(12)7-3-5-14-6-7;/h1-6,9H,12H2;1H/t9-;/m0./s1. The molecule has 0 saturated carbocycles. The van der Waals surface area contributed by atoms with Crippen LogP contribution in [0.2, 0.25) is 0 Å². The van der Waals surface area contributed by atoms with E-state index < -0.39 is 0 Å². The van der Waals surface area contributed by atoms with Crippen LogP contribution in [0.5, 0.6) is 0 Å². The zero-order valence-electron chi connectivity index (χ0n) is 7.76. The van der Waals surface area contributed by atoms with Gasteiger partial charge in [-0.25, -0.2) is 4.98 Å². The van der Waals surface area contributed by atoms with Crippen LogP contribution in [0, 0.1) is 0 Å². The van der Waals surface area contributed by atoms with Crippen molar-refractivity contribution < 1.29 is 0 Å². The van der Waals surface area contributed by atoms with E-state index in [1.54, 1.807) is 17.5 Å². The third-order valence-corrected chi connectivity index (χ3v) is 3.39. The summed E-state index contributed by atoms with van der Waals surface area (Å²) >= 11 is 5.05. The summed E-state index contributed by atoms with van der Waals surface area (Å²) in [6.45, 7) is 0. The summed E-state index contributed by atoms with van der Waals surface area (Å²) in [4.78, 5) is 4.15. The van der Waals surface area contributed by atoms with Crippen molar-refractivity contribution in [2.24, 2.45) is 5.73 Å². The number of pyridine rings is 1. The molecule has 0 aliphatic heterocycles. The lowest BCUT2D eigenvalue weighted by atomic mass is 10.0. The highest BCUT2D eigenvalue weighted by Crippen LogP contribution is 2.25. The second-order valence-corrected chi connectivity index (χ2v) is 4.45. The first-order valence-electron chi connectivity index (χ1n) is 4.17. The van der Waals surface area contributed by atoms with Crippen LogP contribution in [-0.4, -0.2) is 4.98 Å². The Kier molecular flexibility index (Phi) is 4.73. The van der Waals surface area contributed by atoms with Gasteiger partial charge in [0.1, 0.15) is 4.60 Å². The van der Waals surface area contributed by atoms with Gasteiger partial charge in [0.15, 0.2) is 0 Å². The van der Waals surface area contributed by atoms with Gasteiger partial charge < -0.3 is 5.73 Å². The van der Waals surface area contributed by atoms with Crippen LogP contribution >= 0.6 is 39.7 Å². The van der Waals surface area contributed by atoms with Crippen LogP contribution in [0.4, 0.5) is 0 Å². The van der Waals surface area contributed by atoms with Gasteiger partial charge in [0, 0.05) is 11.8 Å². The van der Waals surface area contributed by atoms with Gasteiger partial charge in [-0.15, -0.1) is 12.4 Å². The predicted octanol–water partition coefficient (Wildman–Crippen LogP) is 3.38. The van der Waals surface area contributed by atoms with Gasteiger partial charge in [-0.05, 0) is 44.4 Å². The van der Waals surface area contributed by atoms with Crippen LogP contribution in [0.15, 0.2) is 39.8 Å². The molecule has 0 aliphatic carbocycles. The monoisotopic (exact) mass is 304 g/mol. The molecule has 0 saturated heterocycles. The van der Waals surface area contributed by atoms with Gasteiger partial charge in [0.25, 0.3) is 0 Å². The molecule has 2 aromatic heterocycles. The average Bonchev–Trinajstić information content (AvgIpc) is 2.70. The molecular weight excluding hydrogens is 296 g/mol. The van der Waals surface area contributed by atoms with Crippen molar-refractivity contribution in [3.8, 4) is 0 Å². The van der Waals surface area contributed by atoms with Crippen molar-refractivity contribution in [3.63, 3.8) is 0 Å². The highest BCUT2D eigenvalue weighted by atomic mass is 79.9. The molecule has 2 N–H and O–H groups in total. The third kappa shape index (κ3) is 2.78. The van der Waals surface area contributed by atoms with E-state index in [1.807, 2.05) is 23.6 Å². The van der Waals surface area contributed by atoms with Crippen molar-refractivity contribution in [2.45, 2.75) is 6.04 Å². The lowest BCUT2D eigenvalue weighted by Crippen LogP contribution is -2.11. The van der Waals surface area contributed by atoms with E-state index in [4.69, 9.17) is 5.73 Å². The highest BCUT2D eigenvalue weighted by Gasteiger charge is 2.12. The Morgan fingerprint density at radius 3 is 2.80 bits per heavy atom. The Morgan fingerprint density at radius 1 is 1.40 bits per heavy atom. The predicted molar refractivity (Wildman–Crippen MR) is 69.5 cm³/mol. The van der Waals surface area contributed by atoms with E-state index in [0.29, 0.717) is 0 Å². The molecule has 0 aromatic carbocycles. The number of thiophene rings is 1. The highest BCUT2D eigenvalue weighted by molar-refractivity contribution is 9.10. The second-order valence-electron chi connectivity index (χ2n) is 2.92. The van der Waals surface area contributed by atoms with Crippen molar-refractivity contribution >= 4 is 39.7 Å². The normalized spacial score (nSPS) is 11.9. The molecule has 15 heavy (non-hydrogen) atoms. The van der Waals surface area contributed by atoms with E-state index in [1.165, 1.54) is 0 Å². The molecule has 2 heterocycles. The lowest BCUT2D eigenvalue weighted by molar-refractivity contribution is 0.859. The molecule has 1 atom stereocenters. The Morgan fingerprint density at radius 2 is 2.20 bits per heavy atom. The van der Waals surface area contributed by atoms with Gasteiger partial charge in [0.2, 0.25) is 0 Å². The van der Waals surface area contributed by atoms with Crippen LogP contribution < -0.4 is 5.73 Å². The fourth-order valence-electron chi connectivity index (χ4n) is 1.26. The van der Waals surface area contributed by atoms with Gasteiger partial charge in [-0.2, -0.15) is 11.3 Å². The van der Waals surface area contributed by atoms with Gasteiger partial charge in [-0.1, -0.05) is 6.07 Å². The molecule has 2 rings (SSSR count). The topological polar surface area (TPSA) is 38.9 Å². The minimum Gasteiger partial charge on any atom is -0.320 e. The van der Waals surface area contributed by atoms with Crippen molar-refractivity contribution in [2.75, 3.05) is 0 Å². The van der Waals surface area contributed by atoms with Gasteiger partial charge >= 0.3 is 0 Å². The molecule has 0 fully saturated rings.